The first-order chi connectivity index (χ1) is 10.2. The summed E-state index contributed by atoms with van der Waals surface area (Å²) in [6, 6.07) is 5.90. The van der Waals surface area contributed by atoms with Gasteiger partial charge in [-0.05, 0) is 37.1 Å². The summed E-state index contributed by atoms with van der Waals surface area (Å²) in [4.78, 5) is 4.49. The lowest BCUT2D eigenvalue weighted by Gasteiger charge is -2.05. The zero-order chi connectivity index (χ0) is 14.8. The van der Waals surface area contributed by atoms with Gasteiger partial charge < -0.3 is 19.3 Å². The molecule has 1 N–H and O–H groups in total. The predicted molar refractivity (Wildman–Crippen MR) is 77.2 cm³/mol. The molecule has 2 heterocycles. The Morgan fingerprint density at radius 1 is 1.33 bits per heavy atom. The lowest BCUT2D eigenvalue weighted by Crippen LogP contribution is -2.16. The van der Waals surface area contributed by atoms with Crippen molar-refractivity contribution in [3.05, 3.63) is 29.7 Å². The van der Waals surface area contributed by atoms with Crippen LogP contribution in [0.3, 0.4) is 0 Å². The molecule has 1 aromatic carbocycles. The van der Waals surface area contributed by atoms with Gasteiger partial charge in [-0.25, -0.2) is 0 Å². The molecule has 0 amide bonds. The van der Waals surface area contributed by atoms with Gasteiger partial charge in [0.1, 0.15) is 5.75 Å². The van der Waals surface area contributed by atoms with E-state index in [0.29, 0.717) is 11.7 Å². The van der Waals surface area contributed by atoms with Crippen LogP contribution in [0.1, 0.15) is 23.9 Å². The molecule has 1 saturated heterocycles. The number of benzene rings is 1. The number of rotatable bonds is 4. The third-order valence-corrected chi connectivity index (χ3v) is 3.82. The van der Waals surface area contributed by atoms with Gasteiger partial charge in [0.05, 0.1) is 19.3 Å². The second kappa shape index (κ2) is 5.83. The molecule has 2 aromatic rings. The van der Waals surface area contributed by atoms with Gasteiger partial charge in [-0.15, -0.1) is 0 Å². The highest BCUT2D eigenvalue weighted by atomic mass is 16.5. The second-order valence-corrected chi connectivity index (χ2v) is 5.19. The number of hydrogen-bond donors (Lipinski definition) is 1. The summed E-state index contributed by atoms with van der Waals surface area (Å²) in [6.45, 7) is 2.80. The second-order valence-electron chi connectivity index (χ2n) is 5.19. The van der Waals surface area contributed by atoms with Gasteiger partial charge in [-0.3, -0.25) is 0 Å². The van der Waals surface area contributed by atoms with Crippen LogP contribution in [-0.2, 0) is 4.74 Å². The minimum absolute atomic E-state index is 0.0653. The summed E-state index contributed by atoms with van der Waals surface area (Å²) in [7, 11) is 3.38. The van der Waals surface area contributed by atoms with Crippen molar-refractivity contribution in [2.75, 3.05) is 20.8 Å². The molecule has 0 bridgehead atoms. The first kappa shape index (κ1) is 14.0. The molecule has 6 heteroatoms. The highest BCUT2D eigenvalue weighted by Crippen LogP contribution is 2.27. The predicted octanol–water partition coefficient (Wildman–Crippen LogP) is 2.10. The Balaban J connectivity index is 1.80. The van der Waals surface area contributed by atoms with Crippen molar-refractivity contribution < 1.29 is 14.0 Å². The maximum Gasteiger partial charge on any atom is 0.244 e. The molecule has 0 radical (unpaired) electrons. The largest absolute Gasteiger partial charge is 0.496 e. The van der Waals surface area contributed by atoms with Crippen molar-refractivity contribution in [2.45, 2.75) is 25.5 Å². The van der Waals surface area contributed by atoms with Crippen molar-refractivity contribution in [3.63, 3.8) is 0 Å². The van der Waals surface area contributed by atoms with Gasteiger partial charge in [0.2, 0.25) is 11.7 Å². The fourth-order valence-corrected chi connectivity index (χ4v) is 2.58. The van der Waals surface area contributed by atoms with E-state index < -0.39 is 0 Å². The zero-order valence-corrected chi connectivity index (χ0v) is 12.4. The van der Waals surface area contributed by atoms with Crippen LogP contribution < -0.4 is 10.1 Å². The topological polar surface area (TPSA) is 69.4 Å². The van der Waals surface area contributed by atoms with E-state index in [0.717, 1.165) is 29.8 Å². The number of hydrogen-bond acceptors (Lipinski definition) is 6. The Hall–Kier alpha value is -1.92. The number of aromatic nitrogens is 2. The van der Waals surface area contributed by atoms with Gasteiger partial charge in [0.25, 0.3) is 0 Å². The van der Waals surface area contributed by atoms with Crippen molar-refractivity contribution in [3.8, 4) is 17.1 Å². The van der Waals surface area contributed by atoms with E-state index in [-0.39, 0.29) is 12.1 Å². The first-order valence-corrected chi connectivity index (χ1v) is 6.96. The Labute approximate surface area is 123 Å². The van der Waals surface area contributed by atoms with Crippen LogP contribution in [-0.4, -0.2) is 37.0 Å². The number of methoxy groups -OCH3 is 2. The zero-order valence-electron chi connectivity index (χ0n) is 12.4. The fraction of sp³-hybridized carbons (Fsp3) is 0.467. The van der Waals surface area contributed by atoms with E-state index in [4.69, 9.17) is 14.0 Å². The number of ether oxygens (including phenoxy) is 2. The molecule has 0 spiro atoms. The van der Waals surface area contributed by atoms with Gasteiger partial charge >= 0.3 is 0 Å². The Morgan fingerprint density at radius 2 is 2.19 bits per heavy atom. The van der Waals surface area contributed by atoms with E-state index in [2.05, 4.69) is 15.5 Å². The molecule has 1 aromatic heterocycles. The summed E-state index contributed by atoms with van der Waals surface area (Å²) in [5, 5.41) is 7.40. The van der Waals surface area contributed by atoms with Crippen LogP contribution in [0.2, 0.25) is 0 Å². The quantitative estimate of drug-likeness (QED) is 0.929. The van der Waals surface area contributed by atoms with E-state index >= 15 is 0 Å². The molecule has 21 heavy (non-hydrogen) atoms. The third-order valence-electron chi connectivity index (χ3n) is 3.82. The van der Waals surface area contributed by atoms with Crippen LogP contribution in [0.25, 0.3) is 11.4 Å². The average Bonchev–Trinajstić information content (AvgIpc) is 3.15. The normalized spacial score (nSPS) is 21.7. The van der Waals surface area contributed by atoms with Crippen molar-refractivity contribution in [2.24, 2.45) is 0 Å². The minimum Gasteiger partial charge on any atom is -0.496 e. The minimum atomic E-state index is 0.0653. The van der Waals surface area contributed by atoms with Gasteiger partial charge in [-0.1, -0.05) is 5.16 Å². The van der Waals surface area contributed by atoms with E-state index in [1.165, 1.54) is 0 Å². The number of nitrogens with zero attached hydrogens (tertiary/aromatic N) is 2. The molecule has 3 rings (SSSR count). The van der Waals surface area contributed by atoms with Crippen molar-refractivity contribution in [1.29, 1.82) is 0 Å². The highest BCUT2D eigenvalue weighted by Gasteiger charge is 2.29. The summed E-state index contributed by atoms with van der Waals surface area (Å²) in [5.74, 6) is 2.05. The standard InChI is InChI=1S/C15H19N3O3/c1-9-6-10(4-5-13(9)20-3)14-17-15(21-18-14)12-7-11(19-2)8-16-12/h4-6,11-12,16H,7-8H2,1-3H3. The molecule has 1 aliphatic heterocycles. The van der Waals surface area contributed by atoms with Crippen LogP contribution in [0, 0.1) is 6.92 Å². The molecule has 112 valence electrons. The van der Waals surface area contributed by atoms with Crippen LogP contribution in [0.4, 0.5) is 0 Å². The fourth-order valence-electron chi connectivity index (χ4n) is 2.58. The Kier molecular flexibility index (Phi) is 3.90. The van der Waals surface area contributed by atoms with Gasteiger partial charge in [0.15, 0.2) is 0 Å². The molecule has 1 fully saturated rings. The first-order valence-electron chi connectivity index (χ1n) is 6.96. The molecule has 0 saturated carbocycles. The SMILES string of the molecule is COc1ccc(-c2noc(C3CC(OC)CN3)n2)cc1C. The molecular weight excluding hydrogens is 270 g/mol. The highest BCUT2D eigenvalue weighted by molar-refractivity contribution is 5.58. The molecule has 2 atom stereocenters. The molecule has 1 aliphatic rings. The number of nitrogens with one attached hydrogen (secondary N) is 1. The Bertz CT molecular complexity index is 626. The molecule has 2 unspecified atom stereocenters. The van der Waals surface area contributed by atoms with Gasteiger partial charge in [0, 0.05) is 19.2 Å². The van der Waals surface area contributed by atoms with Crippen molar-refractivity contribution in [1.82, 2.24) is 15.5 Å². The van der Waals surface area contributed by atoms with Crippen LogP contribution in [0.15, 0.2) is 22.7 Å². The monoisotopic (exact) mass is 289 g/mol. The lowest BCUT2D eigenvalue weighted by atomic mass is 10.1. The van der Waals surface area contributed by atoms with Crippen molar-refractivity contribution >= 4 is 0 Å². The van der Waals surface area contributed by atoms with Crippen LogP contribution in [0.5, 0.6) is 5.75 Å². The summed E-state index contributed by atoms with van der Waals surface area (Å²) in [6.07, 6.45) is 1.05. The maximum absolute atomic E-state index is 5.38. The lowest BCUT2D eigenvalue weighted by molar-refractivity contribution is 0.116. The molecule has 0 aliphatic carbocycles. The Morgan fingerprint density at radius 3 is 2.86 bits per heavy atom. The van der Waals surface area contributed by atoms with E-state index in [1.54, 1.807) is 14.2 Å². The summed E-state index contributed by atoms with van der Waals surface area (Å²) >= 11 is 0. The molecule has 6 nitrogen and oxygen atoms in total. The summed E-state index contributed by atoms with van der Waals surface area (Å²) < 4.78 is 16.0. The van der Waals surface area contributed by atoms with Crippen LogP contribution >= 0.6 is 0 Å². The van der Waals surface area contributed by atoms with E-state index in [9.17, 15) is 0 Å². The average molecular weight is 289 g/mol. The number of aryl methyl sites for hydroxylation is 1. The summed E-state index contributed by atoms with van der Waals surface area (Å²) in [5.41, 5.74) is 1.96. The third kappa shape index (κ3) is 2.77. The smallest absolute Gasteiger partial charge is 0.244 e. The van der Waals surface area contributed by atoms with Gasteiger partial charge in [-0.2, -0.15) is 4.98 Å². The molecular formula is C15H19N3O3. The maximum atomic E-state index is 5.38. The van der Waals surface area contributed by atoms with E-state index in [1.807, 2.05) is 25.1 Å².